The third-order valence-corrected chi connectivity index (χ3v) is 5.53. The van der Waals surface area contributed by atoms with Crippen LogP contribution in [0, 0.1) is 0 Å². The Labute approximate surface area is 149 Å². The van der Waals surface area contributed by atoms with E-state index in [1.165, 1.54) is 13.1 Å². The van der Waals surface area contributed by atoms with Crippen molar-refractivity contribution in [1.29, 1.82) is 0 Å². The average molecular weight is 357 g/mol. The third-order valence-electron chi connectivity index (χ3n) is 5.53. The molecule has 138 valence electrons. The summed E-state index contributed by atoms with van der Waals surface area (Å²) in [5.41, 5.74) is 1.41. The number of aryl methyl sites for hydroxylation is 2. The van der Waals surface area contributed by atoms with Crippen molar-refractivity contribution in [2.45, 2.75) is 57.0 Å². The monoisotopic (exact) mass is 357 g/mol. The number of aromatic amines is 1. The lowest BCUT2D eigenvalue weighted by Crippen LogP contribution is -2.36. The summed E-state index contributed by atoms with van der Waals surface area (Å²) in [7, 11) is 1.44. The molecule has 0 aliphatic heterocycles. The molecule has 2 aliphatic rings. The zero-order valence-corrected chi connectivity index (χ0v) is 14.8. The number of H-pyrrole nitrogens is 1. The van der Waals surface area contributed by atoms with E-state index in [9.17, 15) is 14.4 Å². The molecule has 2 aromatic heterocycles. The number of hydrogen-bond acceptors (Lipinski definition) is 5. The molecule has 0 radical (unpaired) electrons. The molecule has 0 bridgehead atoms. The van der Waals surface area contributed by atoms with Crippen molar-refractivity contribution in [3.05, 3.63) is 54.6 Å². The van der Waals surface area contributed by atoms with Crippen molar-refractivity contribution >= 4 is 5.82 Å². The molecule has 8 heteroatoms. The van der Waals surface area contributed by atoms with Crippen LogP contribution in [-0.2, 0) is 19.9 Å². The fraction of sp³-hybridized carbons (Fsp3) is 0.556. The maximum absolute atomic E-state index is 12.4. The Morgan fingerprint density at radius 2 is 1.85 bits per heavy atom. The molecule has 0 atom stereocenters. The Balaban J connectivity index is 1.44. The predicted octanol–water partition coefficient (Wildman–Crippen LogP) is 0.715. The first-order valence-electron chi connectivity index (χ1n) is 9.20. The van der Waals surface area contributed by atoms with Crippen LogP contribution in [0.15, 0.2) is 26.5 Å². The molecule has 2 aromatic rings. The van der Waals surface area contributed by atoms with Crippen LogP contribution in [0.25, 0.3) is 0 Å². The van der Waals surface area contributed by atoms with E-state index in [1.54, 1.807) is 10.7 Å². The summed E-state index contributed by atoms with van der Waals surface area (Å²) < 4.78 is 2.70. The minimum Gasteiger partial charge on any atom is -0.369 e. The van der Waals surface area contributed by atoms with Crippen molar-refractivity contribution in [3.63, 3.8) is 0 Å². The standard InChI is InChI=1S/C18H23N5O3/c1-22-16(24)10-15(20-18(22)26)19-12-5-7-13(8-6-12)23-17(25)9-11-3-2-4-14(11)21-23/h9-10,12-13,19H,2-8H2,1H3,(H,20,26). The topological polar surface area (TPSA) is 102 Å². The highest BCUT2D eigenvalue weighted by molar-refractivity contribution is 5.33. The second kappa shape index (κ2) is 6.59. The van der Waals surface area contributed by atoms with Crippen LogP contribution in [0.1, 0.15) is 49.4 Å². The van der Waals surface area contributed by atoms with Gasteiger partial charge in [-0.15, -0.1) is 0 Å². The van der Waals surface area contributed by atoms with E-state index in [-0.39, 0.29) is 23.2 Å². The van der Waals surface area contributed by atoms with Crippen LogP contribution in [0.4, 0.5) is 5.82 Å². The Kier molecular flexibility index (Phi) is 4.26. The van der Waals surface area contributed by atoms with Crippen molar-refractivity contribution in [2.24, 2.45) is 7.05 Å². The maximum atomic E-state index is 12.4. The number of aromatic nitrogens is 4. The quantitative estimate of drug-likeness (QED) is 0.843. The highest BCUT2D eigenvalue weighted by Crippen LogP contribution is 2.29. The van der Waals surface area contributed by atoms with Gasteiger partial charge in [0.1, 0.15) is 5.82 Å². The summed E-state index contributed by atoms with van der Waals surface area (Å²) in [6.07, 6.45) is 6.40. The second-order valence-electron chi connectivity index (χ2n) is 7.29. The largest absolute Gasteiger partial charge is 0.369 e. The Morgan fingerprint density at radius 3 is 2.58 bits per heavy atom. The van der Waals surface area contributed by atoms with E-state index in [0.717, 1.165) is 60.8 Å². The summed E-state index contributed by atoms with van der Waals surface area (Å²) >= 11 is 0. The number of nitrogens with one attached hydrogen (secondary N) is 2. The summed E-state index contributed by atoms with van der Waals surface area (Å²) in [4.78, 5) is 38.5. The number of anilines is 1. The van der Waals surface area contributed by atoms with Gasteiger partial charge in [-0.2, -0.15) is 5.10 Å². The van der Waals surface area contributed by atoms with Gasteiger partial charge in [-0.3, -0.25) is 19.1 Å². The van der Waals surface area contributed by atoms with Crippen LogP contribution < -0.4 is 22.1 Å². The Hall–Kier alpha value is -2.64. The van der Waals surface area contributed by atoms with Crippen molar-refractivity contribution in [2.75, 3.05) is 5.32 Å². The van der Waals surface area contributed by atoms with Crippen LogP contribution in [0.3, 0.4) is 0 Å². The first-order chi connectivity index (χ1) is 12.5. The van der Waals surface area contributed by atoms with Crippen molar-refractivity contribution in [3.8, 4) is 0 Å². The summed E-state index contributed by atoms with van der Waals surface area (Å²) in [6.45, 7) is 0. The van der Waals surface area contributed by atoms with E-state index in [1.807, 2.05) is 0 Å². The molecule has 2 N–H and O–H groups in total. The fourth-order valence-corrected chi connectivity index (χ4v) is 3.99. The van der Waals surface area contributed by atoms with Crippen LogP contribution >= 0.6 is 0 Å². The van der Waals surface area contributed by atoms with Gasteiger partial charge in [0.15, 0.2) is 0 Å². The molecule has 0 spiro atoms. The second-order valence-corrected chi connectivity index (χ2v) is 7.29. The maximum Gasteiger partial charge on any atom is 0.329 e. The van der Waals surface area contributed by atoms with Gasteiger partial charge in [-0.1, -0.05) is 0 Å². The van der Waals surface area contributed by atoms with E-state index >= 15 is 0 Å². The lowest BCUT2D eigenvalue weighted by molar-refractivity contribution is 0.301. The molecule has 2 heterocycles. The summed E-state index contributed by atoms with van der Waals surface area (Å²) in [5, 5.41) is 7.85. The summed E-state index contributed by atoms with van der Waals surface area (Å²) in [6, 6.07) is 3.44. The van der Waals surface area contributed by atoms with Gasteiger partial charge in [0.05, 0.1) is 11.7 Å². The van der Waals surface area contributed by atoms with Crippen molar-refractivity contribution in [1.82, 2.24) is 19.3 Å². The van der Waals surface area contributed by atoms with Crippen LogP contribution in [0.2, 0.25) is 0 Å². The van der Waals surface area contributed by atoms with E-state index < -0.39 is 5.69 Å². The van der Waals surface area contributed by atoms with Gasteiger partial charge in [0, 0.05) is 25.2 Å². The molecular formula is C18H23N5O3. The SMILES string of the molecule is Cn1c(=O)cc(NC2CCC(n3nc4c(cc3=O)CCC4)CC2)[nH]c1=O. The molecule has 8 nitrogen and oxygen atoms in total. The molecule has 0 aromatic carbocycles. The third kappa shape index (κ3) is 3.11. The van der Waals surface area contributed by atoms with Crippen LogP contribution in [0.5, 0.6) is 0 Å². The number of nitrogens with zero attached hydrogens (tertiary/aromatic N) is 3. The van der Waals surface area contributed by atoms with Gasteiger partial charge in [0.25, 0.3) is 11.1 Å². The van der Waals surface area contributed by atoms with Crippen molar-refractivity contribution < 1.29 is 0 Å². The molecule has 26 heavy (non-hydrogen) atoms. The van der Waals surface area contributed by atoms with Gasteiger partial charge < -0.3 is 5.32 Å². The predicted molar refractivity (Wildman–Crippen MR) is 97.7 cm³/mol. The van der Waals surface area contributed by atoms with E-state index in [0.29, 0.717) is 5.82 Å². The smallest absolute Gasteiger partial charge is 0.329 e. The van der Waals surface area contributed by atoms with E-state index in [4.69, 9.17) is 0 Å². The first kappa shape index (κ1) is 16.8. The molecule has 0 unspecified atom stereocenters. The van der Waals surface area contributed by atoms with Gasteiger partial charge in [-0.05, 0) is 50.5 Å². The normalized spacial score (nSPS) is 22.2. The molecule has 0 amide bonds. The molecular weight excluding hydrogens is 334 g/mol. The summed E-state index contributed by atoms with van der Waals surface area (Å²) in [5.74, 6) is 0.453. The van der Waals surface area contributed by atoms with Gasteiger partial charge in [-0.25, -0.2) is 9.48 Å². The minimum atomic E-state index is -0.428. The first-order valence-corrected chi connectivity index (χ1v) is 9.20. The number of hydrogen-bond donors (Lipinski definition) is 2. The average Bonchev–Trinajstić information content (AvgIpc) is 3.07. The lowest BCUT2D eigenvalue weighted by Gasteiger charge is -2.30. The highest BCUT2D eigenvalue weighted by atomic mass is 16.2. The van der Waals surface area contributed by atoms with Crippen LogP contribution in [-0.4, -0.2) is 25.4 Å². The Morgan fingerprint density at radius 1 is 1.08 bits per heavy atom. The molecule has 4 rings (SSSR count). The Bertz CT molecular complexity index is 964. The minimum absolute atomic E-state index is 0.00190. The molecule has 1 fully saturated rings. The zero-order chi connectivity index (χ0) is 18.3. The van der Waals surface area contributed by atoms with E-state index in [2.05, 4.69) is 15.4 Å². The molecule has 0 saturated heterocycles. The molecule has 2 aliphatic carbocycles. The highest BCUT2D eigenvalue weighted by Gasteiger charge is 2.25. The lowest BCUT2D eigenvalue weighted by atomic mass is 9.91. The number of fused-ring (bicyclic) bond motifs is 1. The zero-order valence-electron chi connectivity index (χ0n) is 14.8. The molecule has 1 saturated carbocycles. The van der Waals surface area contributed by atoms with Gasteiger partial charge >= 0.3 is 5.69 Å². The van der Waals surface area contributed by atoms with Gasteiger partial charge in [0.2, 0.25) is 0 Å². The fourth-order valence-electron chi connectivity index (χ4n) is 3.99. The number of rotatable bonds is 3.